The van der Waals surface area contributed by atoms with E-state index in [0.29, 0.717) is 25.3 Å². The van der Waals surface area contributed by atoms with Crippen molar-refractivity contribution >= 4 is 17.8 Å². The van der Waals surface area contributed by atoms with E-state index < -0.39 is 22.9 Å². The van der Waals surface area contributed by atoms with Gasteiger partial charge >= 0.3 is 0 Å². The standard InChI is InChI=1S/C16H28N6O4/c1-4-5-8-14(23)20-13(15(24)18-11-9-12(2)3)7-6-10-19-16(17)21-22(25)26/h4-5,8,12-13H,1,6-7,9-11H2,2-3H3,(H,18,24)(H,20,23)(H3,17,19,21)/b8-5+/t13-/m0/s1. The fraction of sp³-hybridized carbons (Fsp3) is 0.562. The molecule has 0 aromatic carbocycles. The van der Waals surface area contributed by atoms with Gasteiger partial charge in [0.25, 0.3) is 5.96 Å². The first-order valence-corrected chi connectivity index (χ1v) is 8.37. The average molecular weight is 368 g/mol. The van der Waals surface area contributed by atoms with Crippen molar-refractivity contribution in [2.45, 2.75) is 39.2 Å². The van der Waals surface area contributed by atoms with Crippen molar-refractivity contribution in [1.82, 2.24) is 21.4 Å². The van der Waals surface area contributed by atoms with E-state index in [-0.39, 0.29) is 12.5 Å². The van der Waals surface area contributed by atoms with E-state index in [1.807, 2.05) is 13.8 Å². The summed E-state index contributed by atoms with van der Waals surface area (Å²) in [4.78, 5) is 34.3. The number of carbonyl (C=O) groups excluding carboxylic acids is 2. The molecule has 0 rings (SSSR count). The number of carbonyl (C=O) groups is 2. The second kappa shape index (κ2) is 13.4. The third-order valence-electron chi connectivity index (χ3n) is 3.21. The van der Waals surface area contributed by atoms with Crippen LogP contribution in [0.1, 0.15) is 33.1 Å². The molecular weight excluding hydrogens is 340 g/mol. The average Bonchev–Trinajstić information content (AvgIpc) is 2.54. The van der Waals surface area contributed by atoms with E-state index in [9.17, 15) is 19.7 Å². The molecule has 0 aliphatic heterocycles. The summed E-state index contributed by atoms with van der Waals surface area (Å²) >= 11 is 0. The molecule has 0 unspecified atom stereocenters. The molecule has 0 radical (unpaired) electrons. The lowest BCUT2D eigenvalue weighted by molar-refractivity contribution is -0.525. The molecule has 26 heavy (non-hydrogen) atoms. The van der Waals surface area contributed by atoms with E-state index in [1.165, 1.54) is 18.2 Å². The lowest BCUT2D eigenvalue weighted by Crippen LogP contribution is -2.47. The zero-order valence-electron chi connectivity index (χ0n) is 15.2. The summed E-state index contributed by atoms with van der Waals surface area (Å²) in [6.07, 6.45) is 5.77. The number of amides is 2. The SMILES string of the molecule is C=C/C=C/C(=O)N[C@@H](CCCNC(=N)N[N+](=O)[O-])C(=O)NCCC(C)C. The van der Waals surface area contributed by atoms with Crippen LogP contribution in [0.25, 0.3) is 0 Å². The highest BCUT2D eigenvalue weighted by molar-refractivity contribution is 5.93. The van der Waals surface area contributed by atoms with Crippen molar-refractivity contribution in [2.24, 2.45) is 5.92 Å². The van der Waals surface area contributed by atoms with Crippen LogP contribution in [0.3, 0.4) is 0 Å². The van der Waals surface area contributed by atoms with Gasteiger partial charge in [-0.15, -0.1) is 0 Å². The maximum atomic E-state index is 12.3. The molecule has 0 aliphatic carbocycles. The van der Waals surface area contributed by atoms with Crippen molar-refractivity contribution in [3.05, 3.63) is 34.9 Å². The molecule has 0 heterocycles. The van der Waals surface area contributed by atoms with Gasteiger partial charge in [-0.2, -0.15) is 0 Å². The van der Waals surface area contributed by atoms with Gasteiger partial charge in [0.1, 0.15) is 6.04 Å². The summed E-state index contributed by atoms with van der Waals surface area (Å²) in [7, 11) is 0. The highest BCUT2D eigenvalue weighted by Crippen LogP contribution is 2.00. The Morgan fingerprint density at radius 3 is 2.50 bits per heavy atom. The third kappa shape index (κ3) is 12.5. The number of rotatable bonds is 12. The van der Waals surface area contributed by atoms with Crippen molar-refractivity contribution in [2.75, 3.05) is 13.1 Å². The summed E-state index contributed by atoms with van der Waals surface area (Å²) in [5.74, 6) is -0.691. The Balaban J connectivity index is 4.51. The number of nitrogens with zero attached hydrogens (tertiary/aromatic N) is 1. The van der Waals surface area contributed by atoms with Crippen molar-refractivity contribution < 1.29 is 14.6 Å². The van der Waals surface area contributed by atoms with Gasteiger partial charge in [-0.25, -0.2) is 10.1 Å². The van der Waals surface area contributed by atoms with Crippen molar-refractivity contribution in [1.29, 1.82) is 5.41 Å². The number of hydrazine groups is 1. The molecule has 10 heteroatoms. The van der Waals surface area contributed by atoms with Crippen LogP contribution >= 0.6 is 0 Å². The molecule has 5 N–H and O–H groups in total. The number of hydrogen-bond acceptors (Lipinski definition) is 5. The molecule has 0 bridgehead atoms. The fourth-order valence-corrected chi connectivity index (χ4v) is 1.90. The van der Waals surface area contributed by atoms with E-state index in [4.69, 9.17) is 5.41 Å². The van der Waals surface area contributed by atoms with Gasteiger partial charge in [-0.3, -0.25) is 15.0 Å². The van der Waals surface area contributed by atoms with E-state index >= 15 is 0 Å². The zero-order chi connectivity index (χ0) is 19.9. The van der Waals surface area contributed by atoms with Gasteiger partial charge in [0, 0.05) is 19.2 Å². The Labute approximate surface area is 153 Å². The largest absolute Gasteiger partial charge is 0.354 e. The van der Waals surface area contributed by atoms with Gasteiger partial charge in [0.05, 0.1) is 0 Å². The van der Waals surface area contributed by atoms with Gasteiger partial charge in [-0.05, 0) is 25.2 Å². The maximum Gasteiger partial charge on any atom is 0.251 e. The van der Waals surface area contributed by atoms with Crippen LogP contribution in [0.2, 0.25) is 0 Å². The summed E-state index contributed by atoms with van der Waals surface area (Å²) in [6.45, 7) is 8.33. The van der Waals surface area contributed by atoms with Crippen LogP contribution in [0.15, 0.2) is 24.8 Å². The molecule has 10 nitrogen and oxygen atoms in total. The predicted molar refractivity (Wildman–Crippen MR) is 98.8 cm³/mol. The Morgan fingerprint density at radius 2 is 1.92 bits per heavy atom. The van der Waals surface area contributed by atoms with Gasteiger partial charge in [0.2, 0.25) is 11.8 Å². The summed E-state index contributed by atoms with van der Waals surface area (Å²) in [6, 6.07) is -0.733. The quantitative estimate of drug-likeness (QED) is 0.0642. The molecule has 0 saturated heterocycles. The van der Waals surface area contributed by atoms with Crippen molar-refractivity contribution in [3.8, 4) is 0 Å². The van der Waals surface area contributed by atoms with E-state index in [2.05, 4.69) is 22.5 Å². The first-order valence-electron chi connectivity index (χ1n) is 8.37. The van der Waals surface area contributed by atoms with E-state index in [0.717, 1.165) is 6.42 Å². The first kappa shape index (κ1) is 23.1. The molecule has 0 fully saturated rings. The number of nitro groups is 1. The number of guanidine groups is 1. The maximum absolute atomic E-state index is 12.3. The highest BCUT2D eigenvalue weighted by atomic mass is 16.7. The lowest BCUT2D eigenvalue weighted by Gasteiger charge is -2.18. The topological polar surface area (TPSA) is 149 Å². The van der Waals surface area contributed by atoms with Crippen LogP contribution in [0.5, 0.6) is 0 Å². The molecule has 0 aromatic rings. The zero-order valence-corrected chi connectivity index (χ0v) is 15.2. The van der Waals surface area contributed by atoms with Gasteiger partial charge in [0.15, 0.2) is 5.03 Å². The number of hydrogen-bond donors (Lipinski definition) is 5. The minimum atomic E-state index is -0.841. The van der Waals surface area contributed by atoms with Gasteiger partial charge in [-0.1, -0.05) is 38.0 Å². The van der Waals surface area contributed by atoms with Crippen LogP contribution in [0, 0.1) is 21.4 Å². The predicted octanol–water partition coefficient (Wildman–Crippen LogP) is 0.462. The van der Waals surface area contributed by atoms with Crippen LogP contribution in [-0.2, 0) is 9.59 Å². The van der Waals surface area contributed by atoms with Crippen LogP contribution in [-0.4, -0.2) is 41.9 Å². The Kier molecular flexibility index (Phi) is 11.9. The van der Waals surface area contributed by atoms with Gasteiger partial charge < -0.3 is 16.0 Å². The molecule has 2 amide bonds. The monoisotopic (exact) mass is 368 g/mol. The highest BCUT2D eigenvalue weighted by Gasteiger charge is 2.19. The number of nitrogens with one attached hydrogen (secondary N) is 5. The normalized spacial score (nSPS) is 11.7. The third-order valence-corrected chi connectivity index (χ3v) is 3.21. The second-order valence-corrected chi connectivity index (χ2v) is 5.94. The lowest BCUT2D eigenvalue weighted by atomic mass is 10.1. The minimum absolute atomic E-state index is 0.244. The molecule has 0 aromatic heterocycles. The number of allylic oxidation sites excluding steroid dienone is 2. The van der Waals surface area contributed by atoms with Crippen LogP contribution < -0.4 is 21.4 Å². The Hall–Kier alpha value is -2.91. The summed E-state index contributed by atoms with van der Waals surface area (Å²) < 4.78 is 0. The van der Waals surface area contributed by atoms with Crippen molar-refractivity contribution in [3.63, 3.8) is 0 Å². The Morgan fingerprint density at radius 1 is 1.23 bits per heavy atom. The molecule has 146 valence electrons. The minimum Gasteiger partial charge on any atom is -0.354 e. The molecule has 1 atom stereocenters. The molecule has 0 saturated carbocycles. The van der Waals surface area contributed by atoms with E-state index in [1.54, 1.807) is 5.43 Å². The molecule has 0 aliphatic rings. The second-order valence-electron chi connectivity index (χ2n) is 5.94. The van der Waals surface area contributed by atoms with Crippen LogP contribution in [0.4, 0.5) is 0 Å². The molecular formula is C16H28N6O4. The molecule has 0 spiro atoms. The fourth-order valence-electron chi connectivity index (χ4n) is 1.90. The summed E-state index contributed by atoms with van der Waals surface area (Å²) in [5.41, 5.74) is 1.67. The first-order chi connectivity index (χ1) is 12.3. The Bertz CT molecular complexity index is 533. The summed E-state index contributed by atoms with van der Waals surface area (Å²) in [5, 5.41) is 24.6. The smallest absolute Gasteiger partial charge is 0.251 e.